The first kappa shape index (κ1) is 19.7. The van der Waals surface area contributed by atoms with Crippen molar-refractivity contribution >= 4 is 34.9 Å². The van der Waals surface area contributed by atoms with Crippen LogP contribution in [0.5, 0.6) is 0 Å². The molecular weight excluding hydrogens is 358 g/mol. The van der Waals surface area contributed by atoms with E-state index in [1.807, 2.05) is 44.1 Å². The number of methoxy groups -OCH3 is 1. The molecule has 0 aromatic heterocycles. The quantitative estimate of drug-likeness (QED) is 0.603. The van der Waals surface area contributed by atoms with E-state index in [1.165, 1.54) is 7.11 Å². The molecular formula is C18H24ClN3O2S. The Morgan fingerprint density at radius 3 is 2.68 bits per heavy atom. The van der Waals surface area contributed by atoms with Crippen LogP contribution in [-0.4, -0.2) is 55.2 Å². The van der Waals surface area contributed by atoms with Crippen molar-refractivity contribution in [3.63, 3.8) is 0 Å². The number of hydrogen-bond acceptors (Lipinski definition) is 4. The summed E-state index contributed by atoms with van der Waals surface area (Å²) in [5.41, 5.74) is 2.15. The third-order valence-corrected chi connectivity index (χ3v) is 4.89. The number of esters is 1. The first-order chi connectivity index (χ1) is 11.9. The fraction of sp³-hybridized carbons (Fsp3) is 0.444. The lowest BCUT2D eigenvalue weighted by molar-refractivity contribution is -0.136. The molecule has 0 amide bonds. The van der Waals surface area contributed by atoms with Crippen LogP contribution >= 0.6 is 23.8 Å². The van der Waals surface area contributed by atoms with Gasteiger partial charge < -0.3 is 19.9 Å². The highest BCUT2D eigenvalue weighted by Crippen LogP contribution is 2.34. The highest BCUT2D eigenvalue weighted by Gasteiger charge is 2.35. The zero-order chi connectivity index (χ0) is 18.6. The molecule has 1 aliphatic heterocycles. The molecule has 7 heteroatoms. The molecule has 0 saturated carbocycles. The van der Waals surface area contributed by atoms with Gasteiger partial charge >= 0.3 is 5.97 Å². The van der Waals surface area contributed by atoms with Gasteiger partial charge in [0.15, 0.2) is 5.11 Å². The Bertz CT molecular complexity index is 691. The summed E-state index contributed by atoms with van der Waals surface area (Å²) >= 11 is 11.9. The van der Waals surface area contributed by atoms with Gasteiger partial charge in [0, 0.05) is 17.3 Å². The van der Waals surface area contributed by atoms with Gasteiger partial charge in [-0.2, -0.15) is 0 Å². The highest BCUT2D eigenvalue weighted by molar-refractivity contribution is 7.80. The molecule has 1 aliphatic rings. The van der Waals surface area contributed by atoms with Crippen LogP contribution in [-0.2, 0) is 9.53 Å². The molecule has 0 fully saturated rings. The van der Waals surface area contributed by atoms with Gasteiger partial charge in [0.1, 0.15) is 0 Å². The van der Waals surface area contributed by atoms with Crippen molar-refractivity contribution < 1.29 is 9.53 Å². The van der Waals surface area contributed by atoms with Gasteiger partial charge in [-0.05, 0) is 57.8 Å². The number of hydrogen-bond donors (Lipinski definition) is 1. The number of rotatable bonds is 6. The van der Waals surface area contributed by atoms with Gasteiger partial charge in [-0.25, -0.2) is 4.79 Å². The summed E-state index contributed by atoms with van der Waals surface area (Å²) in [6.45, 7) is 3.57. The van der Waals surface area contributed by atoms with Gasteiger partial charge in [0.05, 0.1) is 18.7 Å². The van der Waals surface area contributed by atoms with Crippen molar-refractivity contribution in [1.82, 2.24) is 15.1 Å². The van der Waals surface area contributed by atoms with Crippen molar-refractivity contribution in [3.05, 3.63) is 46.1 Å². The maximum Gasteiger partial charge on any atom is 0.337 e. The van der Waals surface area contributed by atoms with E-state index in [-0.39, 0.29) is 5.97 Å². The maximum atomic E-state index is 12.5. The molecule has 0 spiro atoms. The van der Waals surface area contributed by atoms with E-state index < -0.39 is 6.04 Å². The lowest BCUT2D eigenvalue weighted by atomic mass is 9.95. The predicted octanol–water partition coefficient (Wildman–Crippen LogP) is 2.97. The van der Waals surface area contributed by atoms with Gasteiger partial charge in [0.25, 0.3) is 0 Å². The molecule has 25 heavy (non-hydrogen) atoms. The molecule has 0 aliphatic carbocycles. The molecule has 1 N–H and O–H groups in total. The normalized spacial score (nSPS) is 17.8. The van der Waals surface area contributed by atoms with E-state index >= 15 is 0 Å². The van der Waals surface area contributed by atoms with E-state index in [0.29, 0.717) is 15.7 Å². The largest absolute Gasteiger partial charge is 0.466 e. The van der Waals surface area contributed by atoms with Crippen LogP contribution in [0.4, 0.5) is 0 Å². The number of nitrogens with one attached hydrogen (secondary N) is 1. The van der Waals surface area contributed by atoms with E-state index in [1.54, 1.807) is 6.07 Å². The Morgan fingerprint density at radius 1 is 1.40 bits per heavy atom. The number of carbonyl (C=O) groups excluding carboxylic acids is 1. The van der Waals surface area contributed by atoms with Crippen LogP contribution in [0.1, 0.15) is 24.9 Å². The van der Waals surface area contributed by atoms with Crippen LogP contribution in [0, 0.1) is 0 Å². The second-order valence-electron chi connectivity index (χ2n) is 6.20. The summed E-state index contributed by atoms with van der Waals surface area (Å²) in [4.78, 5) is 16.5. The van der Waals surface area contributed by atoms with Crippen LogP contribution < -0.4 is 5.32 Å². The summed E-state index contributed by atoms with van der Waals surface area (Å²) in [5.74, 6) is -0.380. The minimum Gasteiger partial charge on any atom is -0.466 e. The third kappa shape index (κ3) is 4.51. The third-order valence-electron chi connectivity index (χ3n) is 4.20. The lowest BCUT2D eigenvalue weighted by Gasteiger charge is -2.37. The Morgan fingerprint density at radius 2 is 2.08 bits per heavy atom. The molecule has 0 radical (unpaired) electrons. The molecule has 1 heterocycles. The smallest absolute Gasteiger partial charge is 0.337 e. The molecule has 1 aromatic rings. The van der Waals surface area contributed by atoms with Crippen molar-refractivity contribution in [3.8, 4) is 0 Å². The molecule has 1 atom stereocenters. The van der Waals surface area contributed by atoms with Crippen LogP contribution in [0.25, 0.3) is 0 Å². The molecule has 5 nitrogen and oxygen atoms in total. The van der Waals surface area contributed by atoms with Gasteiger partial charge in [0.2, 0.25) is 0 Å². The molecule has 2 rings (SSSR count). The first-order valence-corrected chi connectivity index (χ1v) is 8.91. The van der Waals surface area contributed by atoms with Crippen LogP contribution in [0.3, 0.4) is 0 Å². The number of halogens is 1. The topological polar surface area (TPSA) is 44.8 Å². The number of thiocarbonyl (C=S) groups is 1. The molecule has 1 aromatic carbocycles. The Kier molecular flexibility index (Phi) is 6.81. The standard InChI is InChI=1S/C18H24ClN3O2S/c1-12-15(17(23)24-4)16(13-8-5-6-9-14(13)19)20-18(25)22(12)11-7-10-21(2)3/h5-6,8-9,16H,7,10-11H2,1-4H3,(H,20,25)/t16-/m0/s1. The van der Waals surface area contributed by atoms with Crippen molar-refractivity contribution in [2.24, 2.45) is 0 Å². The van der Waals surface area contributed by atoms with E-state index in [2.05, 4.69) is 10.2 Å². The highest BCUT2D eigenvalue weighted by atomic mass is 35.5. The van der Waals surface area contributed by atoms with Crippen LogP contribution in [0.2, 0.25) is 5.02 Å². The van der Waals surface area contributed by atoms with E-state index in [4.69, 9.17) is 28.6 Å². The summed E-state index contributed by atoms with van der Waals surface area (Å²) in [5, 5.41) is 4.43. The van der Waals surface area contributed by atoms with Gasteiger partial charge in [-0.3, -0.25) is 0 Å². The van der Waals surface area contributed by atoms with Crippen LogP contribution in [0.15, 0.2) is 35.5 Å². The summed E-state index contributed by atoms with van der Waals surface area (Å²) in [6.07, 6.45) is 0.928. The van der Waals surface area contributed by atoms with E-state index in [0.717, 1.165) is 30.8 Å². The number of allylic oxidation sites excluding steroid dienone is 1. The molecule has 136 valence electrons. The monoisotopic (exact) mass is 381 g/mol. The first-order valence-electron chi connectivity index (χ1n) is 8.13. The average Bonchev–Trinajstić information content (AvgIpc) is 2.57. The number of ether oxygens (including phenoxy) is 1. The average molecular weight is 382 g/mol. The summed E-state index contributed by atoms with van der Waals surface area (Å²) in [7, 11) is 5.45. The zero-order valence-corrected chi connectivity index (χ0v) is 16.6. The maximum absolute atomic E-state index is 12.5. The molecule has 0 unspecified atom stereocenters. The fourth-order valence-corrected chi connectivity index (χ4v) is 3.50. The van der Waals surface area contributed by atoms with Gasteiger partial charge in [-0.15, -0.1) is 0 Å². The zero-order valence-electron chi connectivity index (χ0n) is 15.0. The Balaban J connectivity index is 2.40. The Labute approximate surface area is 159 Å². The van der Waals surface area contributed by atoms with E-state index in [9.17, 15) is 4.79 Å². The minimum atomic E-state index is -0.418. The SMILES string of the molecule is COC(=O)C1=C(C)N(CCCN(C)C)C(=S)N[C@H]1c1ccccc1Cl. The van der Waals surface area contributed by atoms with Gasteiger partial charge in [-0.1, -0.05) is 29.8 Å². The molecule has 0 bridgehead atoms. The number of carbonyl (C=O) groups is 1. The van der Waals surface area contributed by atoms with Crippen molar-refractivity contribution in [1.29, 1.82) is 0 Å². The summed E-state index contributed by atoms with van der Waals surface area (Å²) < 4.78 is 5.02. The fourth-order valence-electron chi connectivity index (χ4n) is 2.91. The lowest BCUT2D eigenvalue weighted by Crippen LogP contribution is -2.48. The number of benzene rings is 1. The molecule has 0 saturated heterocycles. The predicted molar refractivity (Wildman–Crippen MR) is 105 cm³/mol. The van der Waals surface area contributed by atoms with Crippen molar-refractivity contribution in [2.75, 3.05) is 34.3 Å². The second-order valence-corrected chi connectivity index (χ2v) is 7.00. The minimum absolute atomic E-state index is 0.380. The number of nitrogens with zero attached hydrogens (tertiary/aromatic N) is 2. The van der Waals surface area contributed by atoms with Crippen molar-refractivity contribution in [2.45, 2.75) is 19.4 Å². The Hall–Kier alpha value is -1.63. The second kappa shape index (κ2) is 8.65. The summed E-state index contributed by atoms with van der Waals surface area (Å²) in [6, 6.07) is 7.02.